The fourth-order valence-corrected chi connectivity index (χ4v) is 4.39. The van der Waals surface area contributed by atoms with E-state index in [0.717, 1.165) is 16.7 Å². The Balaban J connectivity index is 1.92. The summed E-state index contributed by atoms with van der Waals surface area (Å²) in [5.74, 6) is 0.275. The average Bonchev–Trinajstić information content (AvgIpc) is 2.64. The van der Waals surface area contributed by atoms with Gasteiger partial charge in [-0.25, -0.2) is 17.5 Å². The Morgan fingerprint density at radius 3 is 2.45 bits per heavy atom. The van der Waals surface area contributed by atoms with Gasteiger partial charge in [-0.3, -0.25) is 4.99 Å². The summed E-state index contributed by atoms with van der Waals surface area (Å²) < 4.78 is 40.4. The molecule has 0 atom stereocenters. The molecular formula is C21H29FN4O2S. The minimum absolute atomic E-state index is 0.0748. The molecule has 0 heterocycles. The molecule has 0 bridgehead atoms. The molecule has 2 aromatic rings. The number of nitrogens with zero attached hydrogens (tertiary/aromatic N) is 1. The summed E-state index contributed by atoms with van der Waals surface area (Å²) in [6, 6.07) is 13.8. The molecule has 29 heavy (non-hydrogen) atoms. The molecule has 0 aromatic heterocycles. The van der Waals surface area contributed by atoms with Gasteiger partial charge in [0.25, 0.3) is 0 Å². The fraction of sp³-hybridized carbons (Fsp3) is 0.381. The van der Waals surface area contributed by atoms with Crippen LogP contribution in [0, 0.1) is 5.82 Å². The molecule has 0 saturated carbocycles. The summed E-state index contributed by atoms with van der Waals surface area (Å²) >= 11 is 0. The first-order valence-electron chi connectivity index (χ1n) is 9.55. The third-order valence-corrected chi connectivity index (χ3v) is 5.67. The summed E-state index contributed by atoms with van der Waals surface area (Å²) in [5.41, 5.74) is 2.53. The number of halogens is 1. The van der Waals surface area contributed by atoms with Crippen LogP contribution in [0.3, 0.4) is 0 Å². The number of nitrogens with one attached hydrogen (secondary N) is 3. The number of sulfonamides is 1. The van der Waals surface area contributed by atoms with Crippen molar-refractivity contribution in [1.82, 2.24) is 15.4 Å². The third-order valence-electron chi connectivity index (χ3n) is 4.14. The normalized spacial score (nSPS) is 12.2. The first-order valence-corrected chi connectivity index (χ1v) is 11.2. The van der Waals surface area contributed by atoms with Crippen molar-refractivity contribution in [3.05, 3.63) is 71.0 Å². The molecular weight excluding hydrogens is 391 g/mol. The summed E-state index contributed by atoms with van der Waals surface area (Å²) in [4.78, 5) is 4.19. The van der Waals surface area contributed by atoms with E-state index in [9.17, 15) is 12.8 Å². The standard InChI is InChI=1S/C21H29FN4O2S/c1-16(2)26-29(27,28)15-19-9-5-4-8-18(19)14-25-21(23-3)24-12-11-17-7-6-10-20(22)13-17/h4-10,13,16,26H,11-12,14-15H2,1-3H3,(H2,23,24,25). The Labute approximate surface area is 172 Å². The van der Waals surface area contributed by atoms with Crippen LogP contribution in [0.2, 0.25) is 0 Å². The van der Waals surface area contributed by atoms with Crippen LogP contribution in [-0.2, 0) is 28.7 Å². The molecule has 8 heteroatoms. The van der Waals surface area contributed by atoms with Gasteiger partial charge in [0.1, 0.15) is 5.82 Å². The van der Waals surface area contributed by atoms with Gasteiger partial charge in [-0.1, -0.05) is 36.4 Å². The van der Waals surface area contributed by atoms with Gasteiger partial charge < -0.3 is 10.6 Å². The molecule has 2 aromatic carbocycles. The van der Waals surface area contributed by atoms with Crippen molar-refractivity contribution in [2.75, 3.05) is 13.6 Å². The highest BCUT2D eigenvalue weighted by atomic mass is 32.2. The maximum atomic E-state index is 13.2. The highest BCUT2D eigenvalue weighted by Crippen LogP contribution is 2.12. The molecule has 3 N–H and O–H groups in total. The quantitative estimate of drug-likeness (QED) is 0.430. The van der Waals surface area contributed by atoms with E-state index in [1.807, 2.05) is 30.3 Å². The molecule has 0 aliphatic heterocycles. The summed E-state index contributed by atoms with van der Waals surface area (Å²) in [6.45, 7) is 4.62. The van der Waals surface area contributed by atoms with Gasteiger partial charge in [0.05, 0.1) is 5.75 Å². The molecule has 0 unspecified atom stereocenters. The number of aliphatic imine (C=N–C) groups is 1. The van der Waals surface area contributed by atoms with Gasteiger partial charge in [-0.15, -0.1) is 0 Å². The van der Waals surface area contributed by atoms with Gasteiger partial charge in [0, 0.05) is 26.2 Å². The van der Waals surface area contributed by atoms with E-state index in [-0.39, 0.29) is 17.6 Å². The lowest BCUT2D eigenvalue weighted by atomic mass is 10.1. The molecule has 0 radical (unpaired) electrons. The van der Waals surface area contributed by atoms with Crippen LogP contribution in [0.1, 0.15) is 30.5 Å². The lowest BCUT2D eigenvalue weighted by Gasteiger charge is -2.15. The zero-order chi connectivity index (χ0) is 21.3. The molecule has 158 valence electrons. The van der Waals surface area contributed by atoms with E-state index < -0.39 is 10.0 Å². The van der Waals surface area contributed by atoms with E-state index in [1.165, 1.54) is 12.1 Å². The van der Waals surface area contributed by atoms with E-state index in [4.69, 9.17) is 0 Å². The topological polar surface area (TPSA) is 82.6 Å². The van der Waals surface area contributed by atoms with Crippen LogP contribution < -0.4 is 15.4 Å². The third kappa shape index (κ3) is 8.21. The fourth-order valence-electron chi connectivity index (χ4n) is 2.89. The molecule has 2 rings (SSSR count). The van der Waals surface area contributed by atoms with Crippen molar-refractivity contribution in [3.63, 3.8) is 0 Å². The van der Waals surface area contributed by atoms with Gasteiger partial charge in [0.15, 0.2) is 5.96 Å². The Kier molecular flexibility index (Phi) is 8.60. The van der Waals surface area contributed by atoms with Crippen molar-refractivity contribution in [3.8, 4) is 0 Å². The SMILES string of the molecule is CN=C(NCCc1cccc(F)c1)NCc1ccccc1CS(=O)(=O)NC(C)C. The van der Waals surface area contributed by atoms with Crippen LogP contribution >= 0.6 is 0 Å². The summed E-state index contributed by atoms with van der Waals surface area (Å²) in [6.07, 6.45) is 0.661. The molecule has 0 spiro atoms. The number of rotatable bonds is 9. The predicted octanol–water partition coefficient (Wildman–Crippen LogP) is 2.56. The molecule has 0 saturated heterocycles. The lowest BCUT2D eigenvalue weighted by Crippen LogP contribution is -2.38. The van der Waals surface area contributed by atoms with Gasteiger partial charge in [-0.2, -0.15) is 0 Å². The van der Waals surface area contributed by atoms with Gasteiger partial charge in [-0.05, 0) is 49.1 Å². The van der Waals surface area contributed by atoms with Crippen LogP contribution in [0.25, 0.3) is 0 Å². The second-order valence-electron chi connectivity index (χ2n) is 7.03. The van der Waals surface area contributed by atoms with Crippen molar-refractivity contribution in [2.45, 2.75) is 38.6 Å². The van der Waals surface area contributed by atoms with Crippen molar-refractivity contribution in [1.29, 1.82) is 0 Å². The zero-order valence-electron chi connectivity index (χ0n) is 17.1. The van der Waals surface area contributed by atoms with E-state index >= 15 is 0 Å². The Morgan fingerprint density at radius 2 is 1.79 bits per heavy atom. The van der Waals surface area contributed by atoms with Gasteiger partial charge >= 0.3 is 0 Å². The van der Waals surface area contributed by atoms with Crippen molar-refractivity contribution >= 4 is 16.0 Å². The largest absolute Gasteiger partial charge is 0.356 e. The van der Waals surface area contributed by atoms with Crippen LogP contribution in [0.5, 0.6) is 0 Å². The molecule has 6 nitrogen and oxygen atoms in total. The predicted molar refractivity (Wildman–Crippen MR) is 116 cm³/mol. The number of hydrogen-bond donors (Lipinski definition) is 3. The van der Waals surface area contributed by atoms with Crippen LogP contribution in [0.15, 0.2) is 53.5 Å². The van der Waals surface area contributed by atoms with Crippen LogP contribution in [0.4, 0.5) is 4.39 Å². The average molecular weight is 421 g/mol. The number of hydrogen-bond acceptors (Lipinski definition) is 3. The number of benzene rings is 2. The summed E-state index contributed by atoms with van der Waals surface area (Å²) in [7, 11) is -1.74. The minimum atomic E-state index is -3.40. The second-order valence-corrected chi connectivity index (χ2v) is 8.79. The van der Waals surface area contributed by atoms with Gasteiger partial charge in [0.2, 0.25) is 10.0 Å². The van der Waals surface area contributed by atoms with Crippen molar-refractivity contribution < 1.29 is 12.8 Å². The first-order chi connectivity index (χ1) is 13.8. The number of guanidine groups is 1. The van der Waals surface area contributed by atoms with E-state index in [2.05, 4.69) is 20.3 Å². The first kappa shape index (κ1) is 22.8. The molecule has 0 aliphatic rings. The Hall–Kier alpha value is -2.45. The van der Waals surface area contributed by atoms with E-state index in [1.54, 1.807) is 27.0 Å². The molecule has 0 aliphatic carbocycles. The maximum absolute atomic E-state index is 13.2. The highest BCUT2D eigenvalue weighted by molar-refractivity contribution is 7.88. The minimum Gasteiger partial charge on any atom is -0.356 e. The summed E-state index contributed by atoms with van der Waals surface area (Å²) in [5, 5.41) is 6.39. The Morgan fingerprint density at radius 1 is 1.07 bits per heavy atom. The molecule has 0 amide bonds. The molecule has 0 fully saturated rings. The second kappa shape index (κ2) is 10.9. The Bertz CT molecular complexity index is 930. The van der Waals surface area contributed by atoms with E-state index in [0.29, 0.717) is 25.5 Å². The maximum Gasteiger partial charge on any atom is 0.216 e. The lowest BCUT2D eigenvalue weighted by molar-refractivity contribution is 0.568. The smallest absolute Gasteiger partial charge is 0.216 e. The van der Waals surface area contributed by atoms with Crippen LogP contribution in [-0.4, -0.2) is 34.0 Å². The zero-order valence-corrected chi connectivity index (χ0v) is 17.9. The monoisotopic (exact) mass is 420 g/mol. The highest BCUT2D eigenvalue weighted by Gasteiger charge is 2.15. The van der Waals surface area contributed by atoms with Crippen molar-refractivity contribution in [2.24, 2.45) is 4.99 Å².